The number of ether oxygens (including phenoxy) is 1. The van der Waals surface area contributed by atoms with Gasteiger partial charge < -0.3 is 14.5 Å². The Labute approximate surface area is 141 Å². The molecule has 0 unspecified atom stereocenters. The number of anilines is 1. The van der Waals surface area contributed by atoms with Crippen LogP contribution in [0, 0.1) is 0 Å². The van der Waals surface area contributed by atoms with E-state index in [1.807, 2.05) is 6.92 Å². The Morgan fingerprint density at radius 3 is 2.83 bits per heavy atom. The Morgan fingerprint density at radius 2 is 2.17 bits per heavy atom. The third-order valence-electron chi connectivity index (χ3n) is 2.73. The van der Waals surface area contributed by atoms with Crippen molar-refractivity contribution < 1.29 is 18.7 Å². The van der Waals surface area contributed by atoms with Crippen LogP contribution in [0.15, 0.2) is 27.8 Å². The third-order valence-corrected chi connectivity index (χ3v) is 3.88. The van der Waals surface area contributed by atoms with Gasteiger partial charge in [-0.25, -0.2) is 4.79 Å². The Morgan fingerprint density at radius 1 is 1.39 bits per heavy atom. The van der Waals surface area contributed by atoms with Gasteiger partial charge in [0.1, 0.15) is 0 Å². The van der Waals surface area contributed by atoms with Crippen molar-refractivity contribution in [3.63, 3.8) is 0 Å². The molecule has 1 amide bonds. The fourth-order valence-corrected chi connectivity index (χ4v) is 2.41. The molecule has 0 spiro atoms. The molecular formula is C14H14ClN3O4S. The zero-order valence-corrected chi connectivity index (χ0v) is 14.0. The van der Waals surface area contributed by atoms with Gasteiger partial charge in [0, 0.05) is 12.1 Å². The summed E-state index contributed by atoms with van der Waals surface area (Å²) in [5.41, 5.74) is 0.629. The van der Waals surface area contributed by atoms with Crippen LogP contribution in [0.2, 0.25) is 5.02 Å². The van der Waals surface area contributed by atoms with Crippen LogP contribution in [-0.4, -0.2) is 34.9 Å². The second kappa shape index (κ2) is 7.98. The van der Waals surface area contributed by atoms with E-state index in [0.29, 0.717) is 23.2 Å². The molecule has 0 fully saturated rings. The number of carbonyl (C=O) groups is 2. The number of nitrogens with zero attached hydrogens (tertiary/aromatic N) is 2. The quantitative estimate of drug-likeness (QED) is 0.628. The first-order chi connectivity index (χ1) is 11.0. The van der Waals surface area contributed by atoms with Crippen LogP contribution < -0.4 is 5.32 Å². The van der Waals surface area contributed by atoms with Gasteiger partial charge in [0.15, 0.2) is 0 Å². The molecule has 1 N–H and O–H groups in total. The summed E-state index contributed by atoms with van der Waals surface area (Å²) >= 11 is 7.05. The number of carbonyl (C=O) groups excluding carboxylic acids is 2. The molecule has 0 atom stereocenters. The number of hydrogen-bond donors (Lipinski definition) is 1. The van der Waals surface area contributed by atoms with Crippen molar-refractivity contribution in [1.82, 2.24) is 10.2 Å². The van der Waals surface area contributed by atoms with E-state index in [9.17, 15) is 9.59 Å². The van der Waals surface area contributed by atoms with E-state index in [1.165, 1.54) is 19.2 Å². The summed E-state index contributed by atoms with van der Waals surface area (Å²) in [7, 11) is 1.26. The molecule has 0 aliphatic heterocycles. The second-order valence-electron chi connectivity index (χ2n) is 4.34. The first kappa shape index (κ1) is 17.3. The number of hydrogen-bond acceptors (Lipinski definition) is 7. The highest BCUT2D eigenvalue weighted by atomic mass is 35.5. The summed E-state index contributed by atoms with van der Waals surface area (Å²) in [4.78, 5) is 23.5. The highest BCUT2D eigenvalue weighted by Gasteiger charge is 2.13. The minimum absolute atomic E-state index is 0.0987. The predicted octanol–water partition coefficient (Wildman–Crippen LogP) is 2.80. The molecule has 0 bridgehead atoms. The maximum atomic E-state index is 11.9. The van der Waals surface area contributed by atoms with Gasteiger partial charge in [-0.1, -0.05) is 30.3 Å². The molecule has 0 aliphatic carbocycles. The summed E-state index contributed by atoms with van der Waals surface area (Å²) in [6.07, 6.45) is 0.640. The van der Waals surface area contributed by atoms with Gasteiger partial charge in [-0.3, -0.25) is 4.79 Å². The first-order valence-electron chi connectivity index (χ1n) is 6.66. The molecule has 1 aromatic carbocycles. The Kier molecular flexibility index (Phi) is 6.00. The lowest BCUT2D eigenvalue weighted by Crippen LogP contribution is -2.14. The van der Waals surface area contributed by atoms with Gasteiger partial charge in [0.05, 0.1) is 23.4 Å². The lowest BCUT2D eigenvalue weighted by atomic mass is 10.2. The van der Waals surface area contributed by atoms with Crippen LogP contribution in [0.3, 0.4) is 0 Å². The first-order valence-corrected chi connectivity index (χ1v) is 8.02. The topological polar surface area (TPSA) is 94.3 Å². The van der Waals surface area contributed by atoms with Crippen LogP contribution in [0.25, 0.3) is 0 Å². The number of benzene rings is 1. The van der Waals surface area contributed by atoms with E-state index in [4.69, 9.17) is 16.0 Å². The van der Waals surface area contributed by atoms with Crippen LogP contribution in [-0.2, 0) is 16.0 Å². The van der Waals surface area contributed by atoms with Gasteiger partial charge in [-0.05, 0) is 18.2 Å². The fraction of sp³-hybridized carbons (Fsp3) is 0.286. The average Bonchev–Trinajstić information content (AvgIpc) is 3.02. The second-order valence-corrected chi connectivity index (χ2v) is 5.67. The molecular weight excluding hydrogens is 342 g/mol. The number of amides is 1. The van der Waals surface area contributed by atoms with Crippen molar-refractivity contribution in [2.75, 3.05) is 18.2 Å². The molecule has 0 aliphatic rings. The van der Waals surface area contributed by atoms with Crippen LogP contribution in [0.5, 0.6) is 0 Å². The van der Waals surface area contributed by atoms with E-state index in [-0.39, 0.29) is 22.2 Å². The lowest BCUT2D eigenvalue weighted by Gasteiger charge is -2.07. The van der Waals surface area contributed by atoms with Gasteiger partial charge in [-0.2, -0.15) is 0 Å². The van der Waals surface area contributed by atoms with E-state index in [2.05, 4.69) is 20.3 Å². The molecule has 0 radical (unpaired) electrons. The summed E-state index contributed by atoms with van der Waals surface area (Å²) < 4.78 is 9.92. The molecule has 9 heteroatoms. The number of halogens is 1. The molecule has 2 rings (SSSR count). The maximum absolute atomic E-state index is 11.9. The third kappa shape index (κ3) is 4.70. The molecule has 0 saturated heterocycles. The Balaban J connectivity index is 1.96. The van der Waals surface area contributed by atoms with Crippen LogP contribution >= 0.6 is 23.4 Å². The van der Waals surface area contributed by atoms with E-state index in [1.54, 1.807) is 6.07 Å². The smallest absolute Gasteiger partial charge is 0.339 e. The zero-order chi connectivity index (χ0) is 16.8. The van der Waals surface area contributed by atoms with Crippen LogP contribution in [0.1, 0.15) is 23.2 Å². The maximum Gasteiger partial charge on any atom is 0.339 e. The number of aryl methyl sites for hydroxylation is 1. The Bertz CT molecular complexity index is 720. The number of nitrogens with one attached hydrogen (secondary N) is 1. The minimum atomic E-state index is -0.571. The van der Waals surface area contributed by atoms with Gasteiger partial charge in [-0.15, -0.1) is 10.2 Å². The number of aromatic nitrogens is 2. The Hall–Kier alpha value is -2.06. The average molecular weight is 356 g/mol. The van der Waals surface area contributed by atoms with Gasteiger partial charge in [0.25, 0.3) is 5.22 Å². The van der Waals surface area contributed by atoms with Crippen LogP contribution in [0.4, 0.5) is 5.69 Å². The standard InChI is InChI=1S/C14H14ClN3O4S/c1-3-12-17-18-14(22-12)23-7-11(19)16-8-4-5-10(15)9(6-8)13(20)21-2/h4-6H,3,7H2,1-2H3,(H,16,19). The number of thioether (sulfide) groups is 1. The minimum Gasteiger partial charge on any atom is -0.465 e. The summed E-state index contributed by atoms with van der Waals surface area (Å²) in [5.74, 6) is -0.224. The normalized spacial score (nSPS) is 10.4. The number of rotatable bonds is 6. The monoisotopic (exact) mass is 355 g/mol. The van der Waals surface area contributed by atoms with E-state index < -0.39 is 5.97 Å². The molecule has 2 aromatic rings. The molecule has 122 valence electrons. The summed E-state index contributed by atoms with van der Waals surface area (Å²) in [6, 6.07) is 4.57. The van der Waals surface area contributed by atoms with Gasteiger partial charge >= 0.3 is 5.97 Å². The molecule has 23 heavy (non-hydrogen) atoms. The van der Waals surface area contributed by atoms with Crippen molar-refractivity contribution in [3.05, 3.63) is 34.7 Å². The molecule has 0 saturated carbocycles. The van der Waals surface area contributed by atoms with Crippen molar-refractivity contribution in [1.29, 1.82) is 0 Å². The van der Waals surface area contributed by atoms with E-state index >= 15 is 0 Å². The SMILES string of the molecule is CCc1nnc(SCC(=O)Nc2ccc(Cl)c(C(=O)OC)c2)o1. The van der Waals surface area contributed by atoms with E-state index in [0.717, 1.165) is 11.8 Å². The predicted molar refractivity (Wildman–Crippen MR) is 85.8 cm³/mol. The van der Waals surface area contributed by atoms with Crippen molar-refractivity contribution in [2.45, 2.75) is 18.6 Å². The van der Waals surface area contributed by atoms with Gasteiger partial charge in [0.2, 0.25) is 11.8 Å². The number of esters is 1. The largest absolute Gasteiger partial charge is 0.465 e. The van der Waals surface area contributed by atoms with Crippen molar-refractivity contribution in [2.24, 2.45) is 0 Å². The molecule has 1 aromatic heterocycles. The summed E-state index contributed by atoms with van der Waals surface area (Å²) in [6.45, 7) is 1.90. The molecule has 7 nitrogen and oxygen atoms in total. The fourth-order valence-electron chi connectivity index (χ4n) is 1.63. The van der Waals surface area contributed by atoms with Crippen molar-refractivity contribution >= 4 is 40.9 Å². The number of methoxy groups -OCH3 is 1. The highest BCUT2D eigenvalue weighted by molar-refractivity contribution is 7.99. The lowest BCUT2D eigenvalue weighted by molar-refractivity contribution is -0.113. The molecule has 1 heterocycles. The zero-order valence-electron chi connectivity index (χ0n) is 12.5. The van der Waals surface area contributed by atoms with Crippen molar-refractivity contribution in [3.8, 4) is 0 Å². The summed E-state index contributed by atoms with van der Waals surface area (Å²) in [5, 5.41) is 10.9. The highest BCUT2D eigenvalue weighted by Crippen LogP contribution is 2.22.